The Morgan fingerprint density at radius 1 is 1.28 bits per heavy atom. The Morgan fingerprint density at radius 2 is 1.94 bits per heavy atom. The third-order valence-electron chi connectivity index (χ3n) is 3.50. The van der Waals surface area contributed by atoms with Gasteiger partial charge in [0, 0.05) is 39.7 Å². The number of hydrogen-bond acceptors (Lipinski definition) is 4. The van der Waals surface area contributed by atoms with Crippen molar-refractivity contribution in [3.8, 4) is 0 Å². The predicted octanol–water partition coefficient (Wildman–Crippen LogP) is -0.341. The highest BCUT2D eigenvalue weighted by Gasteiger charge is 2.31. The number of nitrogens with zero attached hydrogens (tertiary/aromatic N) is 2. The molecule has 0 aromatic rings. The monoisotopic (exact) mass is 276 g/mol. The van der Waals surface area contributed by atoms with E-state index in [9.17, 15) is 13.2 Å². The zero-order valence-electron chi connectivity index (χ0n) is 10.7. The van der Waals surface area contributed by atoms with Gasteiger partial charge in [0.2, 0.25) is 15.9 Å². The normalized spacial score (nSPS) is 26.5. The number of piperazine rings is 1. The lowest BCUT2D eigenvalue weighted by molar-refractivity contribution is -0.129. The first-order chi connectivity index (χ1) is 8.49. The summed E-state index contributed by atoms with van der Waals surface area (Å²) in [4.78, 5) is 12.9. The average molecular weight is 276 g/mol. The number of hydrogen-bond donors (Lipinski definition) is 0. The predicted molar refractivity (Wildman–Crippen MR) is 66.6 cm³/mol. The van der Waals surface area contributed by atoms with Crippen LogP contribution in [0.1, 0.15) is 19.8 Å². The lowest BCUT2D eigenvalue weighted by atomic mass is 10.3. The maximum atomic E-state index is 12.2. The molecular weight excluding hydrogens is 256 g/mol. The molecule has 6 nitrogen and oxygen atoms in total. The maximum Gasteiger partial charge on any atom is 0.219 e. The number of rotatable bonds is 3. The molecule has 7 heteroatoms. The SMILES string of the molecule is CC(=O)N1CCN(S(=O)(=O)CC2CCCO2)CC1. The Labute approximate surface area is 108 Å². The third kappa shape index (κ3) is 3.21. The van der Waals surface area contributed by atoms with E-state index in [1.165, 1.54) is 11.2 Å². The summed E-state index contributed by atoms with van der Waals surface area (Å²) in [6.45, 7) is 3.94. The van der Waals surface area contributed by atoms with Crippen molar-refractivity contribution in [3.05, 3.63) is 0 Å². The zero-order valence-corrected chi connectivity index (χ0v) is 11.5. The summed E-state index contributed by atoms with van der Waals surface area (Å²) in [6.07, 6.45) is 1.62. The molecule has 2 rings (SSSR count). The van der Waals surface area contributed by atoms with Crippen molar-refractivity contribution in [1.29, 1.82) is 0 Å². The van der Waals surface area contributed by atoms with Gasteiger partial charge in [0.25, 0.3) is 0 Å². The van der Waals surface area contributed by atoms with Crippen molar-refractivity contribution in [3.63, 3.8) is 0 Å². The Hall–Kier alpha value is -0.660. The van der Waals surface area contributed by atoms with Crippen molar-refractivity contribution in [2.75, 3.05) is 38.5 Å². The molecule has 2 aliphatic rings. The highest BCUT2D eigenvalue weighted by molar-refractivity contribution is 7.89. The van der Waals surface area contributed by atoms with E-state index >= 15 is 0 Å². The van der Waals surface area contributed by atoms with Crippen LogP contribution < -0.4 is 0 Å². The van der Waals surface area contributed by atoms with Gasteiger partial charge in [0.05, 0.1) is 11.9 Å². The molecule has 1 unspecified atom stereocenters. The molecule has 0 radical (unpaired) electrons. The van der Waals surface area contributed by atoms with Crippen LogP contribution in [0.3, 0.4) is 0 Å². The Bertz CT molecular complexity index is 395. The Kier molecular flexibility index (Phi) is 4.24. The molecule has 0 bridgehead atoms. The molecule has 104 valence electrons. The molecule has 2 aliphatic heterocycles. The lowest BCUT2D eigenvalue weighted by Gasteiger charge is -2.33. The molecule has 0 aliphatic carbocycles. The van der Waals surface area contributed by atoms with Gasteiger partial charge >= 0.3 is 0 Å². The van der Waals surface area contributed by atoms with Crippen LogP contribution in [0.15, 0.2) is 0 Å². The molecule has 1 amide bonds. The number of sulfonamides is 1. The minimum absolute atomic E-state index is 0.00572. The smallest absolute Gasteiger partial charge is 0.219 e. The van der Waals surface area contributed by atoms with Crippen molar-refractivity contribution in [2.24, 2.45) is 0 Å². The van der Waals surface area contributed by atoms with Crippen molar-refractivity contribution >= 4 is 15.9 Å². The molecule has 0 saturated carbocycles. The second-order valence-electron chi connectivity index (χ2n) is 4.82. The molecule has 18 heavy (non-hydrogen) atoms. The van der Waals surface area contributed by atoms with E-state index in [2.05, 4.69) is 0 Å². The van der Waals surface area contributed by atoms with Crippen LogP contribution in [0.25, 0.3) is 0 Å². The quantitative estimate of drug-likeness (QED) is 0.707. The largest absolute Gasteiger partial charge is 0.377 e. The van der Waals surface area contributed by atoms with Gasteiger partial charge in [-0.25, -0.2) is 8.42 Å². The van der Waals surface area contributed by atoms with E-state index in [-0.39, 0.29) is 17.8 Å². The summed E-state index contributed by atoms with van der Waals surface area (Å²) in [7, 11) is -3.25. The van der Waals surface area contributed by atoms with E-state index in [1.807, 2.05) is 0 Å². The molecule has 1 atom stereocenters. The van der Waals surface area contributed by atoms with Crippen LogP contribution in [0.4, 0.5) is 0 Å². The van der Waals surface area contributed by atoms with Crippen molar-refractivity contribution in [1.82, 2.24) is 9.21 Å². The minimum atomic E-state index is -3.25. The maximum absolute atomic E-state index is 12.2. The third-order valence-corrected chi connectivity index (χ3v) is 5.44. The topological polar surface area (TPSA) is 66.9 Å². The number of amides is 1. The van der Waals surface area contributed by atoms with Crippen LogP contribution in [-0.2, 0) is 19.6 Å². The van der Waals surface area contributed by atoms with Gasteiger partial charge in [-0.15, -0.1) is 0 Å². The summed E-state index contributed by atoms with van der Waals surface area (Å²) in [5, 5.41) is 0. The van der Waals surface area contributed by atoms with Crippen molar-refractivity contribution < 1.29 is 17.9 Å². The van der Waals surface area contributed by atoms with E-state index < -0.39 is 10.0 Å². The number of carbonyl (C=O) groups excluding carboxylic acids is 1. The molecule has 0 spiro atoms. The van der Waals surface area contributed by atoms with Crippen LogP contribution in [-0.4, -0.2) is 68.2 Å². The fraction of sp³-hybridized carbons (Fsp3) is 0.909. The highest BCUT2D eigenvalue weighted by atomic mass is 32.2. The van der Waals surface area contributed by atoms with Crippen LogP contribution in [0.2, 0.25) is 0 Å². The average Bonchev–Trinajstić information content (AvgIpc) is 2.81. The van der Waals surface area contributed by atoms with E-state index in [1.54, 1.807) is 4.90 Å². The summed E-state index contributed by atoms with van der Waals surface area (Å²) < 4.78 is 31.2. The summed E-state index contributed by atoms with van der Waals surface area (Å²) in [5.41, 5.74) is 0. The Morgan fingerprint density at radius 3 is 2.44 bits per heavy atom. The summed E-state index contributed by atoms with van der Waals surface area (Å²) in [6, 6.07) is 0. The Balaban J connectivity index is 1.89. The molecule has 2 heterocycles. The molecule has 0 N–H and O–H groups in total. The van der Waals surface area contributed by atoms with Gasteiger partial charge < -0.3 is 9.64 Å². The van der Waals surface area contributed by atoms with Gasteiger partial charge in [-0.1, -0.05) is 0 Å². The summed E-state index contributed by atoms with van der Waals surface area (Å²) in [5.74, 6) is 0.0822. The first-order valence-electron chi connectivity index (χ1n) is 6.34. The number of carbonyl (C=O) groups is 1. The van der Waals surface area contributed by atoms with Crippen LogP contribution >= 0.6 is 0 Å². The van der Waals surface area contributed by atoms with Gasteiger partial charge in [-0.05, 0) is 12.8 Å². The molecule has 2 fully saturated rings. The number of ether oxygens (including phenoxy) is 1. The molecule has 0 aromatic heterocycles. The van der Waals surface area contributed by atoms with Crippen LogP contribution in [0, 0.1) is 0 Å². The van der Waals surface area contributed by atoms with Gasteiger partial charge in [0.1, 0.15) is 0 Å². The fourth-order valence-electron chi connectivity index (χ4n) is 2.40. The van der Waals surface area contributed by atoms with Gasteiger partial charge in [0.15, 0.2) is 0 Å². The van der Waals surface area contributed by atoms with Gasteiger partial charge in [-0.2, -0.15) is 4.31 Å². The first kappa shape index (κ1) is 13.8. The lowest BCUT2D eigenvalue weighted by Crippen LogP contribution is -2.51. The second-order valence-corrected chi connectivity index (χ2v) is 6.83. The molecule has 0 aromatic carbocycles. The van der Waals surface area contributed by atoms with E-state index in [4.69, 9.17) is 4.74 Å². The first-order valence-corrected chi connectivity index (χ1v) is 7.95. The van der Waals surface area contributed by atoms with Gasteiger partial charge in [-0.3, -0.25) is 4.79 Å². The van der Waals surface area contributed by atoms with Crippen LogP contribution in [0.5, 0.6) is 0 Å². The molecule has 2 saturated heterocycles. The standard InChI is InChI=1S/C11H20N2O4S/c1-10(14)12-4-6-13(7-5-12)18(15,16)9-11-3-2-8-17-11/h11H,2-9H2,1H3. The zero-order chi connectivity index (χ0) is 13.2. The van der Waals surface area contributed by atoms with E-state index in [0.29, 0.717) is 32.8 Å². The van der Waals surface area contributed by atoms with E-state index in [0.717, 1.165) is 12.8 Å². The highest BCUT2D eigenvalue weighted by Crippen LogP contribution is 2.17. The fourth-order valence-corrected chi connectivity index (χ4v) is 4.06. The minimum Gasteiger partial charge on any atom is -0.377 e. The molecular formula is C11H20N2O4S. The summed E-state index contributed by atoms with van der Waals surface area (Å²) >= 11 is 0. The second kappa shape index (κ2) is 5.54. The van der Waals surface area contributed by atoms with Crippen molar-refractivity contribution in [2.45, 2.75) is 25.9 Å².